The fraction of sp³-hybridized carbons (Fsp3) is 0.350. The molecule has 1 N–H and O–H groups in total. The zero-order valence-corrected chi connectivity index (χ0v) is 15.1. The minimum atomic E-state index is -2.96. The number of benzene rings is 2. The molecule has 2 aromatic carbocycles. The van der Waals surface area contributed by atoms with Crippen LogP contribution in [0, 0.1) is 5.82 Å². The third kappa shape index (κ3) is 5.46. The van der Waals surface area contributed by atoms with Gasteiger partial charge in [0.1, 0.15) is 11.6 Å². The van der Waals surface area contributed by atoms with Crippen molar-refractivity contribution in [3.05, 3.63) is 65.5 Å². The zero-order valence-electron chi connectivity index (χ0n) is 15.1. The Bertz CT molecular complexity index is 781. The number of ether oxygens (including phenoxy) is 2. The summed E-state index contributed by atoms with van der Waals surface area (Å²) in [6.07, 6.45) is 0. The van der Waals surface area contributed by atoms with Gasteiger partial charge in [-0.15, -0.1) is 0 Å². The fourth-order valence-corrected chi connectivity index (χ4v) is 3.14. The van der Waals surface area contributed by atoms with Crippen molar-refractivity contribution >= 4 is 5.91 Å². The Morgan fingerprint density at radius 2 is 1.86 bits per heavy atom. The number of amides is 1. The predicted octanol–water partition coefficient (Wildman–Crippen LogP) is 3.23. The number of carbonyl (C=O) groups is 1. The van der Waals surface area contributed by atoms with E-state index in [-0.39, 0.29) is 29.7 Å². The van der Waals surface area contributed by atoms with E-state index in [9.17, 15) is 18.0 Å². The van der Waals surface area contributed by atoms with Gasteiger partial charge in [-0.3, -0.25) is 9.69 Å². The van der Waals surface area contributed by atoms with Gasteiger partial charge in [0.25, 0.3) is 5.91 Å². The second-order valence-electron chi connectivity index (χ2n) is 6.33. The van der Waals surface area contributed by atoms with E-state index in [2.05, 4.69) is 15.0 Å². The summed E-state index contributed by atoms with van der Waals surface area (Å²) in [6, 6.07) is 11.6. The highest BCUT2D eigenvalue weighted by molar-refractivity contribution is 5.94. The Morgan fingerprint density at radius 3 is 2.54 bits per heavy atom. The SMILES string of the molecule is O=C(NCC(c1ccc(F)cc1)N1CCOCC1)c1cccc(OC(F)F)c1. The Kier molecular flexibility index (Phi) is 6.89. The highest BCUT2D eigenvalue weighted by Gasteiger charge is 2.23. The van der Waals surface area contributed by atoms with Crippen molar-refractivity contribution in [3.8, 4) is 5.75 Å². The smallest absolute Gasteiger partial charge is 0.387 e. The van der Waals surface area contributed by atoms with Gasteiger partial charge in [0.2, 0.25) is 0 Å². The van der Waals surface area contributed by atoms with Crippen molar-refractivity contribution in [2.45, 2.75) is 12.7 Å². The zero-order chi connectivity index (χ0) is 19.9. The molecule has 0 saturated carbocycles. The number of nitrogens with zero attached hydrogens (tertiary/aromatic N) is 1. The summed E-state index contributed by atoms with van der Waals surface area (Å²) < 4.78 is 47.7. The molecule has 1 atom stereocenters. The number of halogens is 3. The Morgan fingerprint density at radius 1 is 1.14 bits per heavy atom. The van der Waals surface area contributed by atoms with Crippen LogP contribution in [0.1, 0.15) is 22.0 Å². The minimum Gasteiger partial charge on any atom is -0.435 e. The summed E-state index contributed by atoms with van der Waals surface area (Å²) in [5, 5.41) is 2.83. The topological polar surface area (TPSA) is 50.8 Å². The molecular formula is C20H21F3N2O3. The standard InChI is InChI=1S/C20H21F3N2O3/c21-16-6-4-14(5-7-16)18(25-8-10-27-11-9-25)13-24-19(26)15-2-1-3-17(12-15)28-20(22)23/h1-7,12,18,20H,8-11,13H2,(H,24,26). The molecule has 150 valence electrons. The lowest BCUT2D eigenvalue weighted by molar-refractivity contribution is -0.0498. The molecule has 0 spiro atoms. The Labute approximate surface area is 161 Å². The molecule has 0 radical (unpaired) electrons. The third-order valence-corrected chi connectivity index (χ3v) is 4.52. The van der Waals surface area contributed by atoms with Crippen LogP contribution in [-0.2, 0) is 4.74 Å². The van der Waals surface area contributed by atoms with E-state index >= 15 is 0 Å². The van der Waals surface area contributed by atoms with E-state index in [0.717, 1.165) is 5.56 Å². The van der Waals surface area contributed by atoms with Gasteiger partial charge in [0.05, 0.1) is 19.3 Å². The number of carbonyl (C=O) groups excluding carboxylic acids is 1. The quantitative estimate of drug-likeness (QED) is 0.784. The highest BCUT2D eigenvalue weighted by atomic mass is 19.3. The third-order valence-electron chi connectivity index (χ3n) is 4.52. The lowest BCUT2D eigenvalue weighted by Crippen LogP contribution is -2.43. The molecule has 1 aliphatic rings. The minimum absolute atomic E-state index is 0.0779. The summed E-state index contributed by atoms with van der Waals surface area (Å²) in [6.45, 7) is -0.130. The molecule has 1 saturated heterocycles. The molecule has 1 heterocycles. The molecule has 1 aliphatic heterocycles. The van der Waals surface area contributed by atoms with E-state index in [4.69, 9.17) is 4.74 Å². The molecule has 0 aromatic heterocycles. The maximum absolute atomic E-state index is 13.3. The molecule has 5 nitrogen and oxygen atoms in total. The van der Waals surface area contributed by atoms with Gasteiger partial charge >= 0.3 is 6.61 Å². The van der Waals surface area contributed by atoms with Crippen molar-refractivity contribution in [1.82, 2.24) is 10.2 Å². The van der Waals surface area contributed by atoms with Crippen LogP contribution < -0.4 is 10.1 Å². The molecule has 28 heavy (non-hydrogen) atoms. The van der Waals surface area contributed by atoms with Crippen molar-refractivity contribution in [3.63, 3.8) is 0 Å². The van der Waals surface area contributed by atoms with Crippen LogP contribution in [-0.4, -0.2) is 50.3 Å². The number of nitrogens with one attached hydrogen (secondary N) is 1. The molecule has 2 aromatic rings. The summed E-state index contributed by atoms with van der Waals surface area (Å²) in [4.78, 5) is 14.7. The first-order chi connectivity index (χ1) is 13.5. The van der Waals surface area contributed by atoms with Crippen molar-refractivity contribution in [2.24, 2.45) is 0 Å². The molecule has 1 amide bonds. The van der Waals surface area contributed by atoms with Gasteiger partial charge in [0.15, 0.2) is 0 Å². The molecule has 1 unspecified atom stereocenters. The van der Waals surface area contributed by atoms with Crippen molar-refractivity contribution in [2.75, 3.05) is 32.8 Å². The van der Waals surface area contributed by atoms with Gasteiger partial charge in [0, 0.05) is 25.2 Å². The molecule has 3 rings (SSSR count). The van der Waals surface area contributed by atoms with Crippen molar-refractivity contribution in [1.29, 1.82) is 0 Å². The number of morpholine rings is 1. The van der Waals surface area contributed by atoms with Gasteiger partial charge in [-0.25, -0.2) is 4.39 Å². The normalized spacial score (nSPS) is 16.0. The lowest BCUT2D eigenvalue weighted by Gasteiger charge is -2.35. The number of hydrogen-bond acceptors (Lipinski definition) is 4. The van der Waals surface area contributed by atoms with Crippen LogP contribution in [0.3, 0.4) is 0 Å². The van der Waals surface area contributed by atoms with Gasteiger partial charge in [-0.05, 0) is 35.9 Å². The van der Waals surface area contributed by atoms with E-state index in [1.807, 2.05) is 0 Å². The molecule has 1 fully saturated rings. The number of rotatable bonds is 7. The monoisotopic (exact) mass is 394 g/mol. The average molecular weight is 394 g/mol. The van der Waals surface area contributed by atoms with E-state index in [0.29, 0.717) is 26.3 Å². The van der Waals surface area contributed by atoms with Crippen LogP contribution in [0.25, 0.3) is 0 Å². The number of hydrogen-bond donors (Lipinski definition) is 1. The second-order valence-corrected chi connectivity index (χ2v) is 6.33. The molecule has 8 heteroatoms. The maximum atomic E-state index is 13.3. The first-order valence-corrected chi connectivity index (χ1v) is 8.93. The summed E-state index contributed by atoms with van der Waals surface area (Å²) >= 11 is 0. The highest BCUT2D eigenvalue weighted by Crippen LogP contribution is 2.22. The maximum Gasteiger partial charge on any atom is 0.387 e. The van der Waals surface area contributed by atoms with Crippen LogP contribution in [0.2, 0.25) is 0 Å². The summed E-state index contributed by atoms with van der Waals surface area (Å²) in [5.41, 5.74) is 1.09. The second kappa shape index (κ2) is 9.57. The first kappa shape index (κ1) is 20.2. The van der Waals surface area contributed by atoms with Crippen LogP contribution in [0.5, 0.6) is 5.75 Å². The van der Waals surface area contributed by atoms with Crippen LogP contribution in [0.4, 0.5) is 13.2 Å². The summed E-state index contributed by atoms with van der Waals surface area (Å²) in [7, 11) is 0. The average Bonchev–Trinajstić information content (AvgIpc) is 2.70. The first-order valence-electron chi connectivity index (χ1n) is 8.93. The lowest BCUT2D eigenvalue weighted by atomic mass is 10.0. The summed E-state index contributed by atoms with van der Waals surface area (Å²) in [5.74, 6) is -0.810. The van der Waals surface area contributed by atoms with Crippen LogP contribution in [0.15, 0.2) is 48.5 Å². The van der Waals surface area contributed by atoms with Crippen molar-refractivity contribution < 1.29 is 27.4 Å². The largest absolute Gasteiger partial charge is 0.435 e. The van der Waals surface area contributed by atoms with Gasteiger partial charge in [-0.1, -0.05) is 18.2 Å². The Balaban J connectivity index is 1.70. The molecular weight excluding hydrogens is 373 g/mol. The van der Waals surface area contributed by atoms with Gasteiger partial charge < -0.3 is 14.8 Å². The van der Waals surface area contributed by atoms with E-state index < -0.39 is 12.5 Å². The van der Waals surface area contributed by atoms with E-state index in [1.54, 1.807) is 12.1 Å². The molecule has 0 aliphatic carbocycles. The fourth-order valence-electron chi connectivity index (χ4n) is 3.14. The van der Waals surface area contributed by atoms with Crippen LogP contribution >= 0.6 is 0 Å². The van der Waals surface area contributed by atoms with E-state index in [1.165, 1.54) is 36.4 Å². The Hall–Kier alpha value is -2.58. The number of alkyl halides is 2. The predicted molar refractivity (Wildman–Crippen MR) is 96.9 cm³/mol. The van der Waals surface area contributed by atoms with Gasteiger partial charge in [-0.2, -0.15) is 8.78 Å². The molecule has 0 bridgehead atoms.